The lowest BCUT2D eigenvalue weighted by atomic mass is 10.0. The molecule has 3 nitrogen and oxygen atoms in total. The number of rotatable bonds is 3. The third-order valence-electron chi connectivity index (χ3n) is 4.65. The Morgan fingerprint density at radius 2 is 1.74 bits per heavy atom. The van der Waals surface area contributed by atoms with E-state index in [4.69, 9.17) is 4.43 Å². The lowest BCUT2D eigenvalue weighted by Gasteiger charge is -2.46. The molecule has 0 aromatic rings. The van der Waals surface area contributed by atoms with Crippen LogP contribution in [-0.4, -0.2) is 51.0 Å². The van der Waals surface area contributed by atoms with Crippen LogP contribution in [0, 0.1) is 0 Å². The van der Waals surface area contributed by atoms with E-state index in [1.165, 1.54) is 0 Å². The molecule has 1 saturated heterocycles. The zero-order valence-electron chi connectivity index (χ0n) is 14.3. The highest BCUT2D eigenvalue weighted by Gasteiger charge is 2.39. The molecule has 114 valence electrons. The second-order valence-electron chi connectivity index (χ2n) is 8.29. The van der Waals surface area contributed by atoms with Gasteiger partial charge in [-0.3, -0.25) is 4.90 Å². The van der Waals surface area contributed by atoms with E-state index >= 15 is 0 Å². The minimum absolute atomic E-state index is 0.226. The molecule has 1 aliphatic rings. The van der Waals surface area contributed by atoms with Crippen LogP contribution in [-0.2, 0) is 4.43 Å². The molecule has 1 aliphatic heterocycles. The molecular formula is C15H34N2OSi. The van der Waals surface area contributed by atoms with Crippen LogP contribution in [0.15, 0.2) is 0 Å². The summed E-state index contributed by atoms with van der Waals surface area (Å²) in [7, 11) is -1.63. The molecule has 1 unspecified atom stereocenters. The number of nitrogens with one attached hydrogen (secondary N) is 1. The van der Waals surface area contributed by atoms with Crippen LogP contribution >= 0.6 is 0 Å². The van der Waals surface area contributed by atoms with Crippen LogP contribution in [0.3, 0.4) is 0 Å². The molecule has 1 rings (SSSR count). The van der Waals surface area contributed by atoms with Gasteiger partial charge in [0.25, 0.3) is 0 Å². The maximum absolute atomic E-state index is 6.42. The smallest absolute Gasteiger partial charge is 0.192 e. The fourth-order valence-electron chi connectivity index (χ4n) is 2.31. The first-order valence-corrected chi connectivity index (χ1v) is 10.5. The highest BCUT2D eigenvalue weighted by molar-refractivity contribution is 6.74. The minimum Gasteiger partial charge on any atom is -0.415 e. The van der Waals surface area contributed by atoms with Crippen LogP contribution in [0.2, 0.25) is 18.1 Å². The average Bonchev–Trinajstić information content (AvgIpc) is 2.24. The topological polar surface area (TPSA) is 24.5 Å². The summed E-state index contributed by atoms with van der Waals surface area (Å²) in [6.45, 7) is 22.6. The van der Waals surface area contributed by atoms with Crippen molar-refractivity contribution in [3.05, 3.63) is 0 Å². The van der Waals surface area contributed by atoms with Crippen molar-refractivity contribution in [2.24, 2.45) is 0 Å². The predicted octanol–water partition coefficient (Wildman–Crippen LogP) is 3.08. The lowest BCUT2D eigenvalue weighted by Crippen LogP contribution is -2.60. The number of piperazine rings is 1. The first-order valence-electron chi connectivity index (χ1n) is 7.56. The van der Waals surface area contributed by atoms with Crippen molar-refractivity contribution in [1.29, 1.82) is 0 Å². The van der Waals surface area contributed by atoms with E-state index in [1.54, 1.807) is 0 Å². The molecule has 0 spiro atoms. The lowest BCUT2D eigenvalue weighted by molar-refractivity contribution is 0.0320. The number of hydrogen-bond acceptors (Lipinski definition) is 3. The third-order valence-corrected chi connectivity index (χ3v) is 9.16. The Morgan fingerprint density at radius 3 is 2.21 bits per heavy atom. The largest absolute Gasteiger partial charge is 0.415 e. The first kappa shape index (κ1) is 17.1. The average molecular weight is 287 g/mol. The zero-order valence-corrected chi connectivity index (χ0v) is 15.3. The molecule has 0 amide bonds. The molecule has 0 aromatic heterocycles. The number of hydrogen-bond donors (Lipinski definition) is 1. The van der Waals surface area contributed by atoms with Gasteiger partial charge in [0.1, 0.15) is 0 Å². The maximum atomic E-state index is 6.42. The molecule has 4 heteroatoms. The molecule has 19 heavy (non-hydrogen) atoms. The standard InChI is InChI=1S/C15H34N2OSi/c1-14(2,3)17-10-9-16-11-13(17)12-18-19(7,8)15(4,5)6/h13,16H,9-12H2,1-8H3. The van der Waals surface area contributed by atoms with Crippen molar-refractivity contribution in [3.63, 3.8) is 0 Å². The van der Waals surface area contributed by atoms with Crippen LogP contribution in [0.4, 0.5) is 0 Å². The normalized spacial score (nSPS) is 23.7. The van der Waals surface area contributed by atoms with Crippen molar-refractivity contribution in [3.8, 4) is 0 Å². The van der Waals surface area contributed by atoms with Gasteiger partial charge < -0.3 is 9.74 Å². The second-order valence-corrected chi connectivity index (χ2v) is 13.1. The Hall–Kier alpha value is 0.0969. The summed E-state index contributed by atoms with van der Waals surface area (Å²) >= 11 is 0. The van der Waals surface area contributed by atoms with Crippen LogP contribution < -0.4 is 5.32 Å². The van der Waals surface area contributed by atoms with Crippen molar-refractivity contribution in [1.82, 2.24) is 10.2 Å². The molecule has 0 radical (unpaired) electrons. The summed E-state index contributed by atoms with van der Waals surface area (Å²) < 4.78 is 6.42. The summed E-state index contributed by atoms with van der Waals surface area (Å²) in [6.07, 6.45) is 0. The van der Waals surface area contributed by atoms with Gasteiger partial charge in [-0.1, -0.05) is 20.8 Å². The van der Waals surface area contributed by atoms with Gasteiger partial charge in [0.05, 0.1) is 6.61 Å². The fourth-order valence-corrected chi connectivity index (χ4v) is 3.36. The Kier molecular flexibility index (Phi) is 5.27. The molecular weight excluding hydrogens is 252 g/mol. The van der Waals surface area contributed by atoms with Gasteiger partial charge in [0, 0.05) is 31.2 Å². The van der Waals surface area contributed by atoms with Gasteiger partial charge in [-0.15, -0.1) is 0 Å². The van der Waals surface area contributed by atoms with Crippen molar-refractivity contribution in [2.75, 3.05) is 26.2 Å². The van der Waals surface area contributed by atoms with E-state index in [1.807, 2.05) is 0 Å². The summed E-state index contributed by atoms with van der Waals surface area (Å²) in [5, 5.41) is 3.80. The first-order chi connectivity index (χ1) is 8.45. The predicted molar refractivity (Wildman–Crippen MR) is 86.3 cm³/mol. The van der Waals surface area contributed by atoms with Crippen molar-refractivity contribution >= 4 is 8.32 Å². The van der Waals surface area contributed by atoms with Gasteiger partial charge in [0.2, 0.25) is 0 Å². The molecule has 0 aliphatic carbocycles. The maximum Gasteiger partial charge on any atom is 0.192 e. The van der Waals surface area contributed by atoms with Crippen molar-refractivity contribution in [2.45, 2.75) is 71.3 Å². The molecule has 1 fully saturated rings. The summed E-state index contributed by atoms with van der Waals surface area (Å²) in [4.78, 5) is 2.59. The van der Waals surface area contributed by atoms with E-state index in [0.29, 0.717) is 11.1 Å². The molecule has 0 bridgehead atoms. The van der Waals surface area contributed by atoms with Crippen LogP contribution in [0.25, 0.3) is 0 Å². The van der Waals surface area contributed by atoms with E-state index in [9.17, 15) is 0 Å². The molecule has 1 atom stereocenters. The molecule has 0 aromatic carbocycles. The van der Waals surface area contributed by atoms with Crippen molar-refractivity contribution < 1.29 is 4.43 Å². The van der Waals surface area contributed by atoms with Gasteiger partial charge >= 0.3 is 0 Å². The molecule has 1 N–H and O–H groups in total. The van der Waals surface area contributed by atoms with Crippen LogP contribution in [0.1, 0.15) is 41.5 Å². The van der Waals surface area contributed by atoms with Gasteiger partial charge in [-0.2, -0.15) is 0 Å². The highest BCUT2D eigenvalue weighted by atomic mass is 28.4. The third kappa shape index (κ3) is 4.55. The van der Waals surface area contributed by atoms with E-state index in [2.05, 4.69) is 64.9 Å². The Labute approximate surface area is 121 Å². The quantitative estimate of drug-likeness (QED) is 0.807. The Morgan fingerprint density at radius 1 is 1.16 bits per heavy atom. The van der Waals surface area contributed by atoms with E-state index < -0.39 is 8.32 Å². The van der Waals surface area contributed by atoms with Crippen LogP contribution in [0.5, 0.6) is 0 Å². The summed E-state index contributed by atoms with van der Waals surface area (Å²) in [5.74, 6) is 0. The highest BCUT2D eigenvalue weighted by Crippen LogP contribution is 2.36. The van der Waals surface area contributed by atoms with Gasteiger partial charge in [-0.05, 0) is 38.9 Å². The Balaban J connectivity index is 2.64. The fraction of sp³-hybridized carbons (Fsp3) is 1.00. The van der Waals surface area contributed by atoms with Gasteiger partial charge in [0.15, 0.2) is 8.32 Å². The number of nitrogens with zero attached hydrogens (tertiary/aromatic N) is 1. The Bertz CT molecular complexity index is 292. The van der Waals surface area contributed by atoms with E-state index in [-0.39, 0.29) is 5.54 Å². The monoisotopic (exact) mass is 286 g/mol. The molecule has 1 heterocycles. The van der Waals surface area contributed by atoms with Gasteiger partial charge in [-0.25, -0.2) is 0 Å². The molecule has 0 saturated carbocycles. The minimum atomic E-state index is -1.63. The second kappa shape index (κ2) is 5.84. The summed E-state index contributed by atoms with van der Waals surface area (Å²) in [6, 6.07) is 0.503. The SMILES string of the molecule is CC(C)(C)N1CCNCC1CO[Si](C)(C)C(C)(C)C. The van der Waals surface area contributed by atoms with E-state index in [0.717, 1.165) is 26.2 Å². The zero-order chi connectivity index (χ0) is 14.9. The summed E-state index contributed by atoms with van der Waals surface area (Å²) in [5.41, 5.74) is 0.226.